The average Bonchev–Trinajstić information content (AvgIpc) is 2.84. The van der Waals surface area contributed by atoms with Crippen molar-refractivity contribution in [2.45, 2.75) is 32.1 Å². The Morgan fingerprint density at radius 2 is 1.52 bits per heavy atom. The minimum atomic E-state index is -0.0812. The predicted molar refractivity (Wildman–Crippen MR) is 121 cm³/mol. The topological polar surface area (TPSA) is 49.9 Å². The molecule has 5 nitrogen and oxygen atoms in total. The van der Waals surface area contributed by atoms with Crippen LogP contribution in [0.1, 0.15) is 31.2 Å². The van der Waals surface area contributed by atoms with Gasteiger partial charge >= 0.3 is 0 Å². The van der Waals surface area contributed by atoms with Gasteiger partial charge in [0.05, 0.1) is 18.9 Å². The summed E-state index contributed by atoms with van der Waals surface area (Å²) in [4.78, 5) is 29.9. The third-order valence-corrected chi connectivity index (χ3v) is 6.38. The molecule has 0 aromatic heterocycles. The smallest absolute Gasteiger partial charge is 0.227 e. The zero-order valence-corrected chi connectivity index (χ0v) is 18.1. The Labute approximate surface area is 185 Å². The second kappa shape index (κ2) is 10.5. The maximum Gasteiger partial charge on any atom is 0.227 e. The van der Waals surface area contributed by atoms with Crippen molar-refractivity contribution in [3.8, 4) is 5.75 Å². The van der Waals surface area contributed by atoms with Crippen LogP contribution < -0.4 is 4.74 Å². The summed E-state index contributed by atoms with van der Waals surface area (Å²) in [6.07, 6.45) is 4.27. The molecule has 2 saturated heterocycles. The Bertz CT molecular complexity index is 855. The number of rotatable bonds is 6. The average molecular weight is 421 g/mol. The molecule has 164 valence electrons. The van der Waals surface area contributed by atoms with Gasteiger partial charge in [-0.15, -0.1) is 0 Å². The van der Waals surface area contributed by atoms with Crippen molar-refractivity contribution in [3.63, 3.8) is 0 Å². The summed E-state index contributed by atoms with van der Waals surface area (Å²) >= 11 is 0. The van der Waals surface area contributed by atoms with Crippen LogP contribution in [0.5, 0.6) is 5.75 Å². The lowest BCUT2D eigenvalue weighted by Crippen LogP contribution is -2.49. The number of hydrogen-bond donors (Lipinski definition) is 0. The number of amides is 2. The van der Waals surface area contributed by atoms with Crippen LogP contribution in [-0.2, 0) is 16.0 Å². The summed E-state index contributed by atoms with van der Waals surface area (Å²) in [7, 11) is 0. The molecule has 0 saturated carbocycles. The molecule has 2 aliphatic heterocycles. The summed E-state index contributed by atoms with van der Waals surface area (Å²) < 4.78 is 5.93. The van der Waals surface area contributed by atoms with E-state index in [2.05, 4.69) is 0 Å². The molecule has 2 atom stereocenters. The van der Waals surface area contributed by atoms with Crippen molar-refractivity contribution < 1.29 is 14.3 Å². The predicted octanol–water partition coefficient (Wildman–Crippen LogP) is 3.79. The lowest BCUT2D eigenvalue weighted by Gasteiger charge is -2.38. The first-order valence-electron chi connectivity index (χ1n) is 11.5. The summed E-state index contributed by atoms with van der Waals surface area (Å²) in [5, 5.41) is 0. The number of piperidine rings is 2. The number of carbonyl (C=O) groups excluding carboxylic acids is 2. The first-order chi connectivity index (χ1) is 15.2. The van der Waals surface area contributed by atoms with Crippen molar-refractivity contribution in [2.75, 3.05) is 32.8 Å². The highest BCUT2D eigenvalue weighted by atomic mass is 16.5. The van der Waals surface area contributed by atoms with E-state index >= 15 is 0 Å². The van der Waals surface area contributed by atoms with Crippen molar-refractivity contribution in [1.82, 2.24) is 9.80 Å². The van der Waals surface area contributed by atoms with Gasteiger partial charge in [0.1, 0.15) is 5.75 Å². The summed E-state index contributed by atoms with van der Waals surface area (Å²) in [6.45, 7) is 3.50. The van der Waals surface area contributed by atoms with Crippen LogP contribution in [0.2, 0.25) is 0 Å². The van der Waals surface area contributed by atoms with Gasteiger partial charge in [-0.05, 0) is 43.4 Å². The van der Waals surface area contributed by atoms with Crippen LogP contribution in [0.25, 0.3) is 0 Å². The highest BCUT2D eigenvalue weighted by molar-refractivity contribution is 5.82. The number of nitrogens with zero attached hydrogens (tertiary/aromatic N) is 2. The number of hydrogen-bond acceptors (Lipinski definition) is 3. The zero-order valence-electron chi connectivity index (χ0n) is 18.1. The van der Waals surface area contributed by atoms with Crippen LogP contribution in [0, 0.1) is 11.8 Å². The molecule has 0 aliphatic carbocycles. The molecule has 2 amide bonds. The van der Waals surface area contributed by atoms with E-state index in [-0.39, 0.29) is 17.7 Å². The second-order valence-corrected chi connectivity index (χ2v) is 8.76. The van der Waals surface area contributed by atoms with Crippen LogP contribution in [0.15, 0.2) is 60.7 Å². The SMILES string of the molecule is O=C(Cc1ccccc1)N1CCCC(C(=O)N2CCCC(COc3ccccc3)C2)C1. The van der Waals surface area contributed by atoms with Crippen LogP contribution in [0.4, 0.5) is 0 Å². The summed E-state index contributed by atoms with van der Waals surface area (Å²) in [5.41, 5.74) is 1.03. The minimum Gasteiger partial charge on any atom is -0.493 e. The molecular weight excluding hydrogens is 388 g/mol. The quantitative estimate of drug-likeness (QED) is 0.715. The molecule has 2 heterocycles. The number of likely N-dealkylation sites (tertiary alicyclic amines) is 2. The van der Waals surface area contributed by atoms with Gasteiger partial charge in [-0.2, -0.15) is 0 Å². The highest BCUT2D eigenvalue weighted by Crippen LogP contribution is 2.24. The maximum absolute atomic E-state index is 13.2. The lowest BCUT2D eigenvalue weighted by atomic mass is 9.93. The Balaban J connectivity index is 1.29. The number of carbonyl (C=O) groups is 2. The Hall–Kier alpha value is -2.82. The maximum atomic E-state index is 13.2. The van der Waals surface area contributed by atoms with Gasteiger partial charge in [-0.25, -0.2) is 0 Å². The summed E-state index contributed by atoms with van der Waals surface area (Å²) in [5.74, 6) is 1.49. The van der Waals surface area contributed by atoms with Gasteiger partial charge < -0.3 is 14.5 Å². The largest absolute Gasteiger partial charge is 0.493 e. The van der Waals surface area contributed by atoms with Crippen molar-refractivity contribution in [3.05, 3.63) is 66.2 Å². The molecule has 5 heteroatoms. The molecule has 0 bridgehead atoms. The molecule has 2 unspecified atom stereocenters. The second-order valence-electron chi connectivity index (χ2n) is 8.76. The van der Waals surface area contributed by atoms with Gasteiger partial charge in [0, 0.05) is 32.1 Å². The normalized spacial score (nSPS) is 21.5. The molecule has 0 N–H and O–H groups in total. The van der Waals surface area contributed by atoms with Gasteiger partial charge in [-0.1, -0.05) is 48.5 Å². The summed E-state index contributed by atoms with van der Waals surface area (Å²) in [6, 6.07) is 19.7. The first kappa shape index (κ1) is 21.4. The van der Waals surface area contributed by atoms with E-state index in [9.17, 15) is 9.59 Å². The fourth-order valence-electron chi connectivity index (χ4n) is 4.68. The number of para-hydroxylation sites is 1. The third kappa shape index (κ3) is 5.87. The monoisotopic (exact) mass is 420 g/mol. The first-order valence-corrected chi connectivity index (χ1v) is 11.5. The standard InChI is InChI=1S/C26H32N2O3/c29-25(17-21-9-3-1-4-10-21)27-15-8-12-23(19-27)26(30)28-16-7-11-22(18-28)20-31-24-13-5-2-6-14-24/h1-6,9-10,13-14,22-23H,7-8,11-12,15-20H2. The molecule has 4 rings (SSSR count). The van der Waals surface area contributed by atoms with Crippen molar-refractivity contribution >= 4 is 11.8 Å². The number of ether oxygens (including phenoxy) is 1. The fourth-order valence-corrected chi connectivity index (χ4v) is 4.68. The molecule has 2 aliphatic rings. The van der Waals surface area contributed by atoms with Gasteiger partial charge in [0.15, 0.2) is 0 Å². The Morgan fingerprint density at radius 1 is 0.839 bits per heavy atom. The fraction of sp³-hybridized carbons (Fsp3) is 0.462. The van der Waals surface area contributed by atoms with E-state index < -0.39 is 0 Å². The Morgan fingerprint density at radius 3 is 2.29 bits per heavy atom. The molecular formula is C26H32N2O3. The molecule has 0 radical (unpaired) electrons. The molecule has 2 fully saturated rings. The van der Waals surface area contributed by atoms with E-state index in [1.54, 1.807) is 0 Å². The van der Waals surface area contributed by atoms with E-state index in [4.69, 9.17) is 4.74 Å². The molecule has 31 heavy (non-hydrogen) atoms. The molecule has 0 spiro atoms. The van der Waals surface area contributed by atoms with E-state index in [0.717, 1.165) is 56.6 Å². The van der Waals surface area contributed by atoms with Gasteiger partial charge in [0.2, 0.25) is 11.8 Å². The molecule has 2 aromatic rings. The minimum absolute atomic E-state index is 0.0812. The van der Waals surface area contributed by atoms with Crippen LogP contribution >= 0.6 is 0 Å². The van der Waals surface area contributed by atoms with Crippen LogP contribution in [0.3, 0.4) is 0 Å². The highest BCUT2D eigenvalue weighted by Gasteiger charge is 2.33. The number of benzene rings is 2. The third-order valence-electron chi connectivity index (χ3n) is 6.38. The van der Waals surface area contributed by atoms with E-state index in [1.165, 1.54) is 0 Å². The Kier molecular flexibility index (Phi) is 7.23. The van der Waals surface area contributed by atoms with E-state index in [0.29, 0.717) is 25.5 Å². The molecule has 2 aromatic carbocycles. The van der Waals surface area contributed by atoms with Gasteiger partial charge in [-0.3, -0.25) is 9.59 Å². The van der Waals surface area contributed by atoms with Crippen LogP contribution in [-0.4, -0.2) is 54.4 Å². The zero-order chi connectivity index (χ0) is 21.5. The van der Waals surface area contributed by atoms with Crippen molar-refractivity contribution in [1.29, 1.82) is 0 Å². The van der Waals surface area contributed by atoms with E-state index in [1.807, 2.05) is 70.5 Å². The van der Waals surface area contributed by atoms with Gasteiger partial charge in [0.25, 0.3) is 0 Å². The lowest BCUT2D eigenvalue weighted by molar-refractivity contribution is -0.142. The van der Waals surface area contributed by atoms with Crippen molar-refractivity contribution in [2.24, 2.45) is 11.8 Å².